The average molecular weight is 405 g/mol. The highest BCUT2D eigenvalue weighted by atomic mass is 79.9. The second kappa shape index (κ2) is 6.84. The van der Waals surface area contributed by atoms with Gasteiger partial charge in [-0.3, -0.25) is 4.98 Å². The van der Waals surface area contributed by atoms with Crippen molar-refractivity contribution < 1.29 is 0 Å². The molecule has 0 fully saturated rings. The number of nitrogens with zero attached hydrogens (tertiary/aromatic N) is 1. The van der Waals surface area contributed by atoms with Crippen LogP contribution in [0.1, 0.15) is 24.2 Å². The molecule has 5 heteroatoms. The highest BCUT2D eigenvalue weighted by Crippen LogP contribution is 2.21. The number of hydrogen-bond donors (Lipinski definition) is 1. The summed E-state index contributed by atoms with van der Waals surface area (Å²) in [7, 11) is 0. The molecule has 0 saturated carbocycles. The van der Waals surface area contributed by atoms with Crippen molar-refractivity contribution in [2.45, 2.75) is 19.5 Å². The molecule has 1 heterocycles. The standard InChI is InChI=1S/C14H13Br2ClN2/c1-9(10-2-4-12(17)5-3-10)18-8-14-13(16)6-11(15)7-19-14/h2-7,9,18H,8H2,1H3/t9-/m0/s1. The zero-order valence-corrected chi connectivity index (χ0v) is 14.3. The lowest BCUT2D eigenvalue weighted by atomic mass is 10.1. The highest BCUT2D eigenvalue weighted by Gasteiger charge is 2.07. The summed E-state index contributed by atoms with van der Waals surface area (Å²) in [6.07, 6.45) is 1.80. The Morgan fingerprint density at radius 3 is 2.58 bits per heavy atom. The fourth-order valence-corrected chi connectivity index (χ4v) is 2.95. The largest absolute Gasteiger partial charge is 0.305 e. The van der Waals surface area contributed by atoms with Crippen LogP contribution in [-0.2, 0) is 6.54 Å². The van der Waals surface area contributed by atoms with Crippen LogP contribution in [-0.4, -0.2) is 4.98 Å². The molecule has 100 valence electrons. The van der Waals surface area contributed by atoms with Gasteiger partial charge in [-0.15, -0.1) is 0 Å². The smallest absolute Gasteiger partial charge is 0.0684 e. The van der Waals surface area contributed by atoms with Gasteiger partial charge in [-0.2, -0.15) is 0 Å². The van der Waals surface area contributed by atoms with Crippen LogP contribution >= 0.6 is 43.5 Å². The van der Waals surface area contributed by atoms with E-state index in [0.717, 1.165) is 19.7 Å². The fraction of sp³-hybridized carbons (Fsp3) is 0.214. The molecule has 1 atom stereocenters. The van der Waals surface area contributed by atoms with E-state index in [4.69, 9.17) is 11.6 Å². The van der Waals surface area contributed by atoms with Gasteiger partial charge in [0.2, 0.25) is 0 Å². The maximum Gasteiger partial charge on any atom is 0.0684 e. The second-order valence-corrected chi connectivity index (χ2v) is 6.44. The van der Waals surface area contributed by atoms with Crippen LogP contribution in [0.2, 0.25) is 5.02 Å². The Hall–Kier alpha value is -0.420. The van der Waals surface area contributed by atoms with Crippen molar-refractivity contribution in [3.63, 3.8) is 0 Å². The van der Waals surface area contributed by atoms with E-state index in [9.17, 15) is 0 Å². The van der Waals surface area contributed by atoms with Gasteiger partial charge in [0.25, 0.3) is 0 Å². The molecule has 0 amide bonds. The first-order valence-electron chi connectivity index (χ1n) is 5.85. The molecule has 19 heavy (non-hydrogen) atoms. The van der Waals surface area contributed by atoms with Crippen molar-refractivity contribution in [1.82, 2.24) is 10.3 Å². The third kappa shape index (κ3) is 4.28. The van der Waals surface area contributed by atoms with E-state index in [1.807, 2.05) is 30.3 Å². The zero-order valence-electron chi connectivity index (χ0n) is 10.3. The van der Waals surface area contributed by atoms with Crippen LogP contribution in [0.15, 0.2) is 45.5 Å². The first-order valence-corrected chi connectivity index (χ1v) is 7.81. The molecular formula is C14H13Br2ClN2. The molecule has 0 unspecified atom stereocenters. The number of aromatic nitrogens is 1. The van der Waals surface area contributed by atoms with Crippen LogP contribution in [0.5, 0.6) is 0 Å². The Labute approximate surface area is 134 Å². The number of nitrogens with one attached hydrogen (secondary N) is 1. The molecule has 1 aromatic carbocycles. The average Bonchev–Trinajstić information content (AvgIpc) is 2.38. The molecule has 1 N–H and O–H groups in total. The number of benzene rings is 1. The Bertz CT molecular complexity index is 558. The van der Waals surface area contributed by atoms with Crippen LogP contribution < -0.4 is 5.32 Å². The van der Waals surface area contributed by atoms with Crippen LogP contribution in [0, 0.1) is 0 Å². The van der Waals surface area contributed by atoms with Crippen molar-refractivity contribution in [2.75, 3.05) is 0 Å². The minimum Gasteiger partial charge on any atom is -0.305 e. The van der Waals surface area contributed by atoms with E-state index in [2.05, 4.69) is 49.1 Å². The highest BCUT2D eigenvalue weighted by molar-refractivity contribution is 9.11. The van der Waals surface area contributed by atoms with Crippen LogP contribution in [0.4, 0.5) is 0 Å². The normalized spacial score (nSPS) is 12.4. The van der Waals surface area contributed by atoms with Crippen molar-refractivity contribution in [3.8, 4) is 0 Å². The van der Waals surface area contributed by atoms with Crippen LogP contribution in [0.25, 0.3) is 0 Å². The molecule has 0 aliphatic rings. The molecule has 2 nitrogen and oxygen atoms in total. The lowest BCUT2D eigenvalue weighted by Crippen LogP contribution is -2.19. The zero-order chi connectivity index (χ0) is 13.8. The summed E-state index contributed by atoms with van der Waals surface area (Å²) in [5.74, 6) is 0. The summed E-state index contributed by atoms with van der Waals surface area (Å²) in [6.45, 7) is 2.83. The molecular weight excluding hydrogens is 391 g/mol. The Morgan fingerprint density at radius 2 is 1.95 bits per heavy atom. The summed E-state index contributed by atoms with van der Waals surface area (Å²) in [5.41, 5.74) is 2.20. The molecule has 1 aromatic heterocycles. The third-order valence-corrected chi connectivity index (χ3v) is 4.20. The monoisotopic (exact) mass is 402 g/mol. The molecule has 0 aliphatic carbocycles. The molecule has 0 saturated heterocycles. The molecule has 0 spiro atoms. The van der Waals surface area contributed by atoms with Gasteiger partial charge in [0.1, 0.15) is 0 Å². The Kier molecular flexibility index (Phi) is 5.39. The van der Waals surface area contributed by atoms with E-state index >= 15 is 0 Å². The van der Waals surface area contributed by atoms with Gasteiger partial charge in [-0.25, -0.2) is 0 Å². The van der Waals surface area contributed by atoms with Gasteiger partial charge in [-0.1, -0.05) is 23.7 Å². The minimum absolute atomic E-state index is 0.245. The SMILES string of the molecule is C[C@H](NCc1ncc(Br)cc1Br)c1ccc(Cl)cc1. The predicted octanol–water partition coefficient (Wildman–Crippen LogP) is 5.11. The lowest BCUT2D eigenvalue weighted by molar-refractivity contribution is 0.566. The molecule has 0 radical (unpaired) electrons. The van der Waals surface area contributed by atoms with Gasteiger partial charge >= 0.3 is 0 Å². The summed E-state index contributed by atoms with van der Waals surface area (Å²) in [5, 5.41) is 4.20. The van der Waals surface area contributed by atoms with Gasteiger partial charge < -0.3 is 5.32 Å². The number of hydrogen-bond acceptors (Lipinski definition) is 2. The summed E-state index contributed by atoms with van der Waals surface area (Å²) >= 11 is 12.8. The van der Waals surface area contributed by atoms with E-state index in [0.29, 0.717) is 6.54 Å². The van der Waals surface area contributed by atoms with E-state index in [1.165, 1.54) is 5.56 Å². The van der Waals surface area contributed by atoms with Crippen molar-refractivity contribution in [1.29, 1.82) is 0 Å². The van der Waals surface area contributed by atoms with Gasteiger partial charge in [0.15, 0.2) is 0 Å². The van der Waals surface area contributed by atoms with Crippen molar-refractivity contribution in [2.24, 2.45) is 0 Å². The summed E-state index contributed by atoms with van der Waals surface area (Å²) < 4.78 is 1.96. The van der Waals surface area contributed by atoms with E-state index in [-0.39, 0.29) is 6.04 Å². The Morgan fingerprint density at radius 1 is 1.26 bits per heavy atom. The lowest BCUT2D eigenvalue weighted by Gasteiger charge is -2.14. The second-order valence-electron chi connectivity index (χ2n) is 4.24. The summed E-state index contributed by atoms with van der Waals surface area (Å²) in [4.78, 5) is 4.38. The third-order valence-electron chi connectivity index (χ3n) is 2.83. The first kappa shape index (κ1) is 15.0. The number of pyridine rings is 1. The molecule has 0 bridgehead atoms. The molecule has 0 aliphatic heterocycles. The van der Waals surface area contributed by atoms with E-state index < -0.39 is 0 Å². The number of halogens is 3. The number of rotatable bonds is 4. The van der Waals surface area contributed by atoms with Crippen molar-refractivity contribution >= 4 is 43.5 Å². The molecule has 2 aromatic rings. The topological polar surface area (TPSA) is 24.9 Å². The van der Waals surface area contributed by atoms with Crippen molar-refractivity contribution in [3.05, 3.63) is 61.8 Å². The van der Waals surface area contributed by atoms with Gasteiger partial charge in [0.05, 0.1) is 5.69 Å². The summed E-state index contributed by atoms with van der Waals surface area (Å²) in [6, 6.07) is 10.1. The minimum atomic E-state index is 0.245. The Balaban J connectivity index is 2.00. The maximum atomic E-state index is 5.88. The van der Waals surface area contributed by atoms with Gasteiger partial charge in [0, 0.05) is 32.8 Å². The molecule has 2 rings (SSSR count). The van der Waals surface area contributed by atoms with E-state index in [1.54, 1.807) is 6.20 Å². The van der Waals surface area contributed by atoms with Crippen LogP contribution in [0.3, 0.4) is 0 Å². The quantitative estimate of drug-likeness (QED) is 0.766. The first-order chi connectivity index (χ1) is 9.06. The van der Waals surface area contributed by atoms with Gasteiger partial charge in [-0.05, 0) is 62.5 Å². The fourth-order valence-electron chi connectivity index (χ4n) is 1.69. The predicted molar refractivity (Wildman–Crippen MR) is 86.3 cm³/mol. The maximum absolute atomic E-state index is 5.88.